The Morgan fingerprint density at radius 1 is 1.00 bits per heavy atom. The number of halogens is 2. The molecule has 2 aromatic rings. The number of nitrogens with one attached hydrogen (secondary N) is 2. The number of amides is 3. The van der Waals surface area contributed by atoms with E-state index in [1.807, 2.05) is 0 Å². The Labute approximate surface area is 143 Å². The van der Waals surface area contributed by atoms with E-state index in [4.69, 9.17) is 28.9 Å². The Kier molecular flexibility index (Phi) is 5.84. The molecule has 0 heterocycles. The smallest absolute Gasteiger partial charge is 0.316 e. The summed E-state index contributed by atoms with van der Waals surface area (Å²) in [6, 6.07) is 11.2. The molecule has 2 aromatic carbocycles. The second-order valence-corrected chi connectivity index (χ2v) is 5.70. The van der Waals surface area contributed by atoms with Crippen LogP contribution in [0.25, 0.3) is 0 Å². The summed E-state index contributed by atoms with van der Waals surface area (Å²) < 4.78 is 0. The summed E-state index contributed by atoms with van der Waals surface area (Å²) >= 11 is 11.9. The van der Waals surface area contributed by atoms with Crippen molar-refractivity contribution in [2.75, 3.05) is 10.6 Å². The molecule has 0 aliphatic heterocycles. The Hall–Kier alpha value is -2.24. The molecule has 0 aliphatic carbocycles. The van der Waals surface area contributed by atoms with Crippen molar-refractivity contribution in [2.24, 2.45) is 5.73 Å². The Balaban J connectivity index is 1.93. The first-order valence-electron chi connectivity index (χ1n) is 6.84. The van der Waals surface area contributed by atoms with E-state index in [0.29, 0.717) is 27.8 Å². The molecule has 120 valence electrons. The molecule has 23 heavy (non-hydrogen) atoms. The quantitative estimate of drug-likeness (QED) is 0.758. The monoisotopic (exact) mass is 351 g/mol. The zero-order chi connectivity index (χ0) is 16.8. The van der Waals surface area contributed by atoms with Gasteiger partial charge in [-0.05, 0) is 42.3 Å². The topological polar surface area (TPSA) is 84.2 Å². The van der Waals surface area contributed by atoms with Gasteiger partial charge in [-0.15, -0.1) is 0 Å². The highest BCUT2D eigenvalue weighted by Crippen LogP contribution is 2.22. The van der Waals surface area contributed by atoms with Crippen LogP contribution >= 0.6 is 23.2 Å². The van der Waals surface area contributed by atoms with E-state index in [-0.39, 0.29) is 12.3 Å². The van der Waals surface area contributed by atoms with Gasteiger partial charge >= 0.3 is 6.03 Å². The second kappa shape index (κ2) is 7.85. The predicted octanol–water partition coefficient (Wildman–Crippen LogP) is 4.06. The third-order valence-electron chi connectivity index (χ3n) is 3.05. The molecule has 0 unspecified atom stereocenters. The van der Waals surface area contributed by atoms with E-state index in [2.05, 4.69) is 10.6 Å². The van der Waals surface area contributed by atoms with E-state index in [1.54, 1.807) is 42.5 Å². The van der Waals surface area contributed by atoms with Gasteiger partial charge in [-0.25, -0.2) is 4.79 Å². The molecule has 0 saturated heterocycles. The third kappa shape index (κ3) is 5.47. The SMILES string of the molecule is NC(=O)Nc1cccc(NC(=O)CCc2ccc(Cl)cc2Cl)c1. The first kappa shape index (κ1) is 17.1. The number of hydrogen-bond acceptors (Lipinski definition) is 2. The van der Waals surface area contributed by atoms with Crippen molar-refractivity contribution < 1.29 is 9.59 Å². The fourth-order valence-electron chi connectivity index (χ4n) is 2.01. The van der Waals surface area contributed by atoms with Gasteiger partial charge in [0.1, 0.15) is 0 Å². The van der Waals surface area contributed by atoms with Crippen molar-refractivity contribution in [2.45, 2.75) is 12.8 Å². The Bertz CT molecular complexity index is 735. The van der Waals surface area contributed by atoms with Crippen LogP contribution in [0, 0.1) is 0 Å². The maximum absolute atomic E-state index is 12.0. The van der Waals surface area contributed by atoms with E-state index >= 15 is 0 Å². The van der Waals surface area contributed by atoms with Crippen LogP contribution < -0.4 is 16.4 Å². The minimum Gasteiger partial charge on any atom is -0.351 e. The molecule has 0 atom stereocenters. The highest BCUT2D eigenvalue weighted by Gasteiger charge is 2.07. The predicted molar refractivity (Wildman–Crippen MR) is 93.1 cm³/mol. The number of nitrogens with two attached hydrogens (primary N) is 1. The van der Waals surface area contributed by atoms with Gasteiger partial charge in [-0.3, -0.25) is 4.79 Å². The highest BCUT2D eigenvalue weighted by molar-refractivity contribution is 6.35. The third-order valence-corrected chi connectivity index (χ3v) is 3.64. The van der Waals surface area contributed by atoms with Gasteiger partial charge in [0.15, 0.2) is 0 Å². The summed E-state index contributed by atoms with van der Waals surface area (Å²) in [6.07, 6.45) is 0.774. The molecule has 5 nitrogen and oxygen atoms in total. The minimum absolute atomic E-state index is 0.160. The summed E-state index contributed by atoms with van der Waals surface area (Å²) in [5, 5.41) is 6.30. The number of urea groups is 1. The fourth-order valence-corrected chi connectivity index (χ4v) is 2.52. The summed E-state index contributed by atoms with van der Waals surface area (Å²) in [4.78, 5) is 22.8. The molecule has 0 saturated carbocycles. The van der Waals surface area contributed by atoms with Crippen molar-refractivity contribution in [3.63, 3.8) is 0 Å². The van der Waals surface area contributed by atoms with Crippen LogP contribution in [0.15, 0.2) is 42.5 Å². The average Bonchev–Trinajstić information content (AvgIpc) is 2.46. The van der Waals surface area contributed by atoms with Crippen LogP contribution in [0.3, 0.4) is 0 Å². The molecule has 7 heteroatoms. The summed E-state index contributed by atoms with van der Waals surface area (Å²) in [5.74, 6) is -0.160. The van der Waals surface area contributed by atoms with Crippen LogP contribution in [0.4, 0.5) is 16.2 Å². The van der Waals surface area contributed by atoms with Crippen LogP contribution in [0.5, 0.6) is 0 Å². The van der Waals surface area contributed by atoms with Crippen LogP contribution in [0.1, 0.15) is 12.0 Å². The van der Waals surface area contributed by atoms with Gasteiger partial charge < -0.3 is 16.4 Å². The fraction of sp³-hybridized carbons (Fsp3) is 0.125. The zero-order valence-corrected chi connectivity index (χ0v) is 13.6. The molecule has 0 radical (unpaired) electrons. The number of carbonyl (C=O) groups excluding carboxylic acids is 2. The molecule has 0 spiro atoms. The van der Waals surface area contributed by atoms with Crippen molar-refractivity contribution >= 4 is 46.5 Å². The van der Waals surface area contributed by atoms with Crippen LogP contribution in [-0.2, 0) is 11.2 Å². The molecule has 3 amide bonds. The number of hydrogen-bond donors (Lipinski definition) is 3. The normalized spacial score (nSPS) is 10.2. The molecule has 0 aliphatic rings. The summed E-state index contributed by atoms with van der Waals surface area (Å²) in [7, 11) is 0. The van der Waals surface area contributed by atoms with Crippen molar-refractivity contribution in [3.05, 3.63) is 58.1 Å². The lowest BCUT2D eigenvalue weighted by atomic mass is 10.1. The van der Waals surface area contributed by atoms with Crippen molar-refractivity contribution in [3.8, 4) is 0 Å². The zero-order valence-electron chi connectivity index (χ0n) is 12.1. The molecule has 2 rings (SSSR count). The van der Waals surface area contributed by atoms with Gasteiger partial charge in [0, 0.05) is 27.8 Å². The lowest BCUT2D eigenvalue weighted by molar-refractivity contribution is -0.116. The molecule has 0 fully saturated rings. The van der Waals surface area contributed by atoms with E-state index in [0.717, 1.165) is 5.56 Å². The van der Waals surface area contributed by atoms with Gasteiger partial charge in [0.2, 0.25) is 5.91 Å². The Morgan fingerprint density at radius 3 is 2.35 bits per heavy atom. The highest BCUT2D eigenvalue weighted by atomic mass is 35.5. The number of primary amides is 1. The summed E-state index contributed by atoms with van der Waals surface area (Å²) in [6.45, 7) is 0. The molecule has 0 aromatic heterocycles. The largest absolute Gasteiger partial charge is 0.351 e. The molecular formula is C16H15Cl2N3O2. The van der Waals surface area contributed by atoms with E-state index < -0.39 is 6.03 Å². The minimum atomic E-state index is -0.661. The van der Waals surface area contributed by atoms with Crippen molar-refractivity contribution in [1.29, 1.82) is 0 Å². The van der Waals surface area contributed by atoms with Gasteiger partial charge in [-0.1, -0.05) is 35.3 Å². The maximum Gasteiger partial charge on any atom is 0.316 e. The van der Waals surface area contributed by atoms with Crippen molar-refractivity contribution in [1.82, 2.24) is 0 Å². The number of carbonyl (C=O) groups is 2. The average molecular weight is 352 g/mol. The van der Waals surface area contributed by atoms with E-state index in [9.17, 15) is 9.59 Å². The number of anilines is 2. The lowest BCUT2D eigenvalue weighted by Crippen LogP contribution is -2.19. The molecule has 0 bridgehead atoms. The Morgan fingerprint density at radius 2 is 1.70 bits per heavy atom. The maximum atomic E-state index is 12.0. The molecular weight excluding hydrogens is 337 g/mol. The van der Waals surface area contributed by atoms with Gasteiger partial charge in [-0.2, -0.15) is 0 Å². The van der Waals surface area contributed by atoms with Crippen LogP contribution in [0.2, 0.25) is 10.0 Å². The number of aryl methyl sites for hydroxylation is 1. The number of benzene rings is 2. The lowest BCUT2D eigenvalue weighted by Gasteiger charge is -2.08. The second-order valence-electron chi connectivity index (χ2n) is 4.85. The first-order valence-corrected chi connectivity index (χ1v) is 7.60. The first-order chi connectivity index (χ1) is 10.9. The van der Waals surface area contributed by atoms with Gasteiger partial charge in [0.25, 0.3) is 0 Å². The van der Waals surface area contributed by atoms with Crippen LogP contribution in [-0.4, -0.2) is 11.9 Å². The van der Waals surface area contributed by atoms with E-state index in [1.165, 1.54) is 0 Å². The standard InChI is InChI=1S/C16H15Cl2N3O2/c17-11-6-4-10(14(18)8-11)5-7-15(22)20-12-2-1-3-13(9-12)21-16(19)23/h1-4,6,8-9H,5,7H2,(H,20,22)(H3,19,21,23). The van der Waals surface area contributed by atoms with Gasteiger partial charge in [0.05, 0.1) is 0 Å². The molecule has 4 N–H and O–H groups in total. The number of rotatable bonds is 5. The summed E-state index contributed by atoms with van der Waals surface area (Å²) in [5.41, 5.74) is 6.99.